The van der Waals surface area contributed by atoms with Gasteiger partial charge >= 0.3 is 18.2 Å². The first-order valence-electron chi connectivity index (χ1n) is 10.4. The lowest BCUT2D eigenvalue weighted by molar-refractivity contribution is -0.192. The topological polar surface area (TPSA) is 103 Å². The molecule has 2 N–H and O–H groups in total. The summed E-state index contributed by atoms with van der Waals surface area (Å²) in [6.07, 6.45) is -2.51. The fourth-order valence-electron chi connectivity index (χ4n) is 3.95. The van der Waals surface area contributed by atoms with E-state index in [-0.39, 0.29) is 18.0 Å². The molecule has 1 unspecified atom stereocenters. The van der Waals surface area contributed by atoms with Crippen LogP contribution in [0.15, 0.2) is 18.2 Å². The number of carboxylic acid groups (broad SMARTS) is 1. The van der Waals surface area contributed by atoms with Crippen molar-refractivity contribution in [3.8, 4) is 0 Å². The Hall–Kier alpha value is -2.85. The number of carbonyl (C=O) groups excluding carboxylic acids is 2. The van der Waals surface area contributed by atoms with Crippen molar-refractivity contribution in [1.29, 1.82) is 0 Å². The highest BCUT2D eigenvalue weighted by atomic mass is 19.4. The summed E-state index contributed by atoms with van der Waals surface area (Å²) in [4.78, 5) is 42.6. The molecule has 1 aromatic rings. The zero-order valence-corrected chi connectivity index (χ0v) is 18.4. The molecule has 0 radical (unpaired) electrons. The molecule has 2 aliphatic heterocycles. The highest BCUT2D eigenvalue weighted by molar-refractivity contribution is 5.86. The van der Waals surface area contributed by atoms with Gasteiger partial charge in [-0.05, 0) is 52.2 Å². The summed E-state index contributed by atoms with van der Waals surface area (Å²) in [5.74, 6) is -2.58. The first-order valence-corrected chi connectivity index (χ1v) is 10.4. The summed E-state index contributed by atoms with van der Waals surface area (Å²) in [5, 5.41) is 10.1. The number of urea groups is 1. The summed E-state index contributed by atoms with van der Waals surface area (Å²) in [5.41, 5.74) is 1.49. The van der Waals surface area contributed by atoms with Crippen molar-refractivity contribution in [2.75, 3.05) is 19.6 Å². The third-order valence-electron chi connectivity index (χ3n) is 5.42. The van der Waals surface area contributed by atoms with Crippen molar-refractivity contribution < 1.29 is 32.7 Å². The number of hydrogen-bond acceptors (Lipinski definition) is 4. The quantitative estimate of drug-likeness (QED) is 0.725. The number of rotatable bonds is 3. The van der Waals surface area contributed by atoms with E-state index >= 15 is 0 Å². The SMILES string of the molecule is Cc1cccc(CN2CCC3(CCCN(C(=O)NC(C)C)C3)C2=O)n1.O=C(O)C(F)(F)F. The molecule has 0 saturated carbocycles. The minimum absolute atomic E-state index is 0.0549. The van der Waals surface area contributed by atoms with Gasteiger partial charge in [0, 0.05) is 31.4 Å². The molecule has 1 atom stereocenters. The van der Waals surface area contributed by atoms with Crippen molar-refractivity contribution in [3.63, 3.8) is 0 Å². The van der Waals surface area contributed by atoms with Crippen molar-refractivity contribution in [2.45, 2.75) is 58.8 Å². The van der Waals surface area contributed by atoms with Gasteiger partial charge in [0.15, 0.2) is 0 Å². The van der Waals surface area contributed by atoms with Crippen LogP contribution in [0.25, 0.3) is 0 Å². The molecule has 2 fully saturated rings. The minimum Gasteiger partial charge on any atom is -0.475 e. The fraction of sp³-hybridized carbons (Fsp3) is 0.619. The Morgan fingerprint density at radius 1 is 1.25 bits per heavy atom. The number of aliphatic carboxylic acids is 1. The second kappa shape index (κ2) is 10.2. The maximum atomic E-state index is 13.1. The van der Waals surface area contributed by atoms with Gasteiger partial charge in [0.25, 0.3) is 0 Å². The number of piperidine rings is 1. The maximum Gasteiger partial charge on any atom is 0.490 e. The van der Waals surface area contributed by atoms with Crippen molar-refractivity contribution in [1.82, 2.24) is 20.1 Å². The second-order valence-electron chi connectivity index (χ2n) is 8.46. The van der Waals surface area contributed by atoms with Crippen LogP contribution in [0.1, 0.15) is 44.5 Å². The molecular formula is C21H29F3N4O4. The fourth-order valence-corrected chi connectivity index (χ4v) is 3.95. The summed E-state index contributed by atoms with van der Waals surface area (Å²) < 4.78 is 31.7. The summed E-state index contributed by atoms with van der Waals surface area (Å²) >= 11 is 0. The van der Waals surface area contributed by atoms with Gasteiger partial charge in [0.2, 0.25) is 5.91 Å². The van der Waals surface area contributed by atoms with E-state index in [0.717, 1.165) is 43.7 Å². The smallest absolute Gasteiger partial charge is 0.475 e. The second-order valence-corrected chi connectivity index (χ2v) is 8.46. The van der Waals surface area contributed by atoms with E-state index in [0.29, 0.717) is 13.1 Å². The van der Waals surface area contributed by atoms with Crippen LogP contribution in [0, 0.1) is 12.3 Å². The molecule has 0 aromatic carbocycles. The first kappa shape index (κ1) is 25.4. The molecule has 178 valence electrons. The number of amides is 3. The van der Waals surface area contributed by atoms with Gasteiger partial charge in [-0.1, -0.05) is 6.07 Å². The third-order valence-corrected chi connectivity index (χ3v) is 5.42. The molecule has 2 aliphatic rings. The van der Waals surface area contributed by atoms with Gasteiger partial charge in [0.1, 0.15) is 0 Å². The zero-order valence-electron chi connectivity index (χ0n) is 18.4. The Kier molecular flexibility index (Phi) is 8.08. The number of carbonyl (C=O) groups is 3. The number of nitrogens with one attached hydrogen (secondary N) is 1. The van der Waals surface area contributed by atoms with E-state index in [1.165, 1.54) is 0 Å². The number of halogens is 3. The molecule has 1 aromatic heterocycles. The Balaban J connectivity index is 0.000000451. The first-order chi connectivity index (χ1) is 14.8. The molecule has 0 aliphatic carbocycles. The molecule has 8 nitrogen and oxygen atoms in total. The maximum absolute atomic E-state index is 13.1. The molecule has 32 heavy (non-hydrogen) atoms. The van der Waals surface area contributed by atoms with Gasteiger partial charge in [-0.25, -0.2) is 9.59 Å². The number of alkyl halides is 3. The predicted octanol–water partition coefficient (Wildman–Crippen LogP) is 2.96. The monoisotopic (exact) mass is 458 g/mol. The van der Waals surface area contributed by atoms with Crippen LogP contribution < -0.4 is 5.32 Å². The number of pyridine rings is 1. The minimum atomic E-state index is -5.08. The Bertz CT molecular complexity index is 847. The molecular weight excluding hydrogens is 429 g/mol. The predicted molar refractivity (Wildman–Crippen MR) is 110 cm³/mol. The number of aryl methyl sites for hydroxylation is 1. The summed E-state index contributed by atoms with van der Waals surface area (Å²) in [7, 11) is 0. The largest absolute Gasteiger partial charge is 0.490 e. The normalized spacial score (nSPS) is 20.9. The van der Waals surface area contributed by atoms with E-state index in [4.69, 9.17) is 9.90 Å². The number of nitrogens with zero attached hydrogens (tertiary/aromatic N) is 3. The summed E-state index contributed by atoms with van der Waals surface area (Å²) in [6, 6.07) is 5.96. The van der Waals surface area contributed by atoms with Crippen LogP contribution in [-0.4, -0.2) is 69.7 Å². The zero-order chi connectivity index (χ0) is 24.1. The Morgan fingerprint density at radius 2 is 1.91 bits per heavy atom. The van der Waals surface area contributed by atoms with Gasteiger partial charge in [-0.15, -0.1) is 0 Å². The van der Waals surface area contributed by atoms with Crippen LogP contribution in [0.3, 0.4) is 0 Å². The van der Waals surface area contributed by atoms with Crippen molar-refractivity contribution >= 4 is 17.9 Å². The van der Waals surface area contributed by atoms with E-state index in [2.05, 4.69) is 10.3 Å². The van der Waals surface area contributed by atoms with Crippen LogP contribution in [-0.2, 0) is 16.1 Å². The lowest BCUT2D eigenvalue weighted by atomic mass is 9.78. The van der Waals surface area contributed by atoms with Gasteiger partial charge in [-0.3, -0.25) is 9.78 Å². The van der Waals surface area contributed by atoms with Gasteiger partial charge in [0.05, 0.1) is 17.7 Å². The average Bonchev–Trinajstić information content (AvgIpc) is 2.97. The van der Waals surface area contributed by atoms with E-state index in [1.54, 1.807) is 0 Å². The molecule has 0 bridgehead atoms. The molecule has 3 amide bonds. The highest BCUT2D eigenvalue weighted by Crippen LogP contribution is 2.40. The van der Waals surface area contributed by atoms with Gasteiger partial charge in [-0.2, -0.15) is 13.2 Å². The Labute approximate surface area is 184 Å². The lowest BCUT2D eigenvalue weighted by Crippen LogP contribution is -2.53. The van der Waals surface area contributed by atoms with Crippen LogP contribution in [0.4, 0.5) is 18.0 Å². The van der Waals surface area contributed by atoms with E-state index in [1.807, 2.05) is 48.8 Å². The Morgan fingerprint density at radius 3 is 2.47 bits per heavy atom. The van der Waals surface area contributed by atoms with E-state index < -0.39 is 17.6 Å². The van der Waals surface area contributed by atoms with Gasteiger partial charge < -0.3 is 20.2 Å². The standard InChI is InChI=1S/C19H28N4O2.C2HF3O2/c1-14(2)20-18(25)23-10-5-8-19(13-23)9-11-22(17(19)24)12-16-7-4-6-15(3)21-16;3-2(4,5)1(6)7/h4,6-7,14H,5,8-13H2,1-3H3,(H,20,25);(H,6,7). The molecule has 3 rings (SSSR count). The number of hydrogen-bond donors (Lipinski definition) is 2. The third kappa shape index (κ3) is 6.57. The molecule has 1 spiro atoms. The molecule has 3 heterocycles. The number of carboxylic acids is 1. The summed E-state index contributed by atoms with van der Waals surface area (Å²) in [6.45, 7) is 8.43. The van der Waals surface area contributed by atoms with Crippen LogP contribution in [0.5, 0.6) is 0 Å². The number of likely N-dealkylation sites (tertiary alicyclic amines) is 2. The number of aromatic nitrogens is 1. The lowest BCUT2D eigenvalue weighted by Gasteiger charge is -2.39. The van der Waals surface area contributed by atoms with Crippen molar-refractivity contribution in [3.05, 3.63) is 29.6 Å². The molecule has 2 saturated heterocycles. The highest BCUT2D eigenvalue weighted by Gasteiger charge is 2.49. The van der Waals surface area contributed by atoms with E-state index in [9.17, 15) is 22.8 Å². The average molecular weight is 458 g/mol. The molecule has 11 heteroatoms. The van der Waals surface area contributed by atoms with Crippen molar-refractivity contribution in [2.24, 2.45) is 5.41 Å². The van der Waals surface area contributed by atoms with Crippen LogP contribution >= 0.6 is 0 Å². The van der Waals surface area contributed by atoms with Crippen LogP contribution in [0.2, 0.25) is 0 Å².